The molecule has 1 aromatic carbocycles. The van der Waals surface area contributed by atoms with E-state index in [1.807, 2.05) is 0 Å². The molecule has 1 nitrogen and oxygen atoms in total. The zero-order valence-electron chi connectivity index (χ0n) is 8.26. The first-order valence-electron chi connectivity index (χ1n) is 4.73. The van der Waals surface area contributed by atoms with E-state index in [-0.39, 0.29) is 0 Å². The van der Waals surface area contributed by atoms with Crippen LogP contribution in [0, 0.1) is 3.57 Å². The van der Waals surface area contributed by atoms with E-state index >= 15 is 0 Å². The molecule has 0 aliphatic rings. The second-order valence-corrected chi connectivity index (χ2v) is 4.21. The summed E-state index contributed by atoms with van der Waals surface area (Å²) in [6, 6.07) is 8.58. The lowest BCUT2D eigenvalue weighted by Gasteiger charge is -2.18. The van der Waals surface area contributed by atoms with Gasteiger partial charge in [0.05, 0.1) is 0 Å². The van der Waals surface area contributed by atoms with Crippen molar-refractivity contribution in [1.82, 2.24) is 4.90 Å². The lowest BCUT2D eigenvalue weighted by Crippen LogP contribution is -2.22. The molecule has 0 fully saturated rings. The van der Waals surface area contributed by atoms with Gasteiger partial charge < -0.3 is 0 Å². The summed E-state index contributed by atoms with van der Waals surface area (Å²) in [5.41, 5.74) is 1.44. The fourth-order valence-corrected chi connectivity index (χ4v) is 1.87. The van der Waals surface area contributed by atoms with E-state index < -0.39 is 0 Å². The van der Waals surface area contributed by atoms with Crippen LogP contribution in [0.2, 0.25) is 0 Å². The fraction of sp³-hybridized carbons (Fsp3) is 0.455. The highest BCUT2D eigenvalue weighted by molar-refractivity contribution is 14.1. The predicted molar refractivity (Wildman–Crippen MR) is 65.8 cm³/mol. The Morgan fingerprint density at radius 1 is 1.15 bits per heavy atom. The monoisotopic (exact) mass is 289 g/mol. The van der Waals surface area contributed by atoms with Crippen LogP contribution in [0.1, 0.15) is 19.4 Å². The van der Waals surface area contributed by atoms with Crippen molar-refractivity contribution in [2.45, 2.75) is 20.4 Å². The zero-order chi connectivity index (χ0) is 9.68. The molecule has 0 aromatic heterocycles. The van der Waals surface area contributed by atoms with Crippen LogP contribution >= 0.6 is 22.6 Å². The number of benzene rings is 1. The first-order chi connectivity index (χ1) is 6.27. The molecule has 0 spiro atoms. The van der Waals surface area contributed by atoms with Crippen molar-refractivity contribution in [3.63, 3.8) is 0 Å². The molecule has 0 amide bonds. The molecule has 0 unspecified atom stereocenters. The SMILES string of the molecule is CCN(CC)Cc1ccccc1I. The van der Waals surface area contributed by atoms with Gasteiger partial charge in [0, 0.05) is 10.1 Å². The Kier molecular flexibility index (Phi) is 4.73. The Morgan fingerprint density at radius 2 is 1.77 bits per heavy atom. The third-order valence-corrected chi connectivity index (χ3v) is 3.30. The van der Waals surface area contributed by atoms with Crippen molar-refractivity contribution in [2.24, 2.45) is 0 Å². The van der Waals surface area contributed by atoms with Gasteiger partial charge in [0.2, 0.25) is 0 Å². The lowest BCUT2D eigenvalue weighted by molar-refractivity contribution is 0.295. The molecule has 0 saturated heterocycles. The Hall–Kier alpha value is -0.0900. The van der Waals surface area contributed by atoms with Gasteiger partial charge in [-0.3, -0.25) is 4.90 Å². The number of rotatable bonds is 4. The quantitative estimate of drug-likeness (QED) is 0.770. The molecular weight excluding hydrogens is 273 g/mol. The summed E-state index contributed by atoms with van der Waals surface area (Å²) in [4.78, 5) is 2.43. The lowest BCUT2D eigenvalue weighted by atomic mass is 10.2. The summed E-state index contributed by atoms with van der Waals surface area (Å²) in [7, 11) is 0. The summed E-state index contributed by atoms with van der Waals surface area (Å²) < 4.78 is 1.37. The minimum absolute atomic E-state index is 1.08. The van der Waals surface area contributed by atoms with Crippen LogP contribution in [0.15, 0.2) is 24.3 Å². The van der Waals surface area contributed by atoms with Gasteiger partial charge in [-0.2, -0.15) is 0 Å². The predicted octanol–water partition coefficient (Wildman–Crippen LogP) is 3.13. The topological polar surface area (TPSA) is 3.24 Å². The molecule has 13 heavy (non-hydrogen) atoms. The highest BCUT2D eigenvalue weighted by Gasteiger charge is 2.02. The maximum absolute atomic E-state index is 2.43. The van der Waals surface area contributed by atoms with E-state index in [4.69, 9.17) is 0 Å². The van der Waals surface area contributed by atoms with Gasteiger partial charge in [-0.15, -0.1) is 0 Å². The van der Waals surface area contributed by atoms with Crippen LogP contribution in [0.5, 0.6) is 0 Å². The Morgan fingerprint density at radius 3 is 2.31 bits per heavy atom. The third kappa shape index (κ3) is 3.27. The molecular formula is C11H16IN. The van der Waals surface area contributed by atoms with Gasteiger partial charge in [0.15, 0.2) is 0 Å². The van der Waals surface area contributed by atoms with Crippen LogP contribution in [0.4, 0.5) is 0 Å². The van der Waals surface area contributed by atoms with E-state index in [0.29, 0.717) is 0 Å². The molecule has 0 atom stereocenters. The summed E-state index contributed by atoms with van der Waals surface area (Å²) in [6.45, 7) is 7.74. The summed E-state index contributed by atoms with van der Waals surface area (Å²) in [5.74, 6) is 0. The minimum atomic E-state index is 1.08. The van der Waals surface area contributed by atoms with Crippen molar-refractivity contribution in [1.29, 1.82) is 0 Å². The third-order valence-electron chi connectivity index (χ3n) is 2.25. The van der Waals surface area contributed by atoms with Crippen LogP contribution in [0.25, 0.3) is 0 Å². The molecule has 0 heterocycles. The normalized spacial score (nSPS) is 10.8. The van der Waals surface area contributed by atoms with E-state index in [9.17, 15) is 0 Å². The van der Waals surface area contributed by atoms with Crippen LogP contribution < -0.4 is 0 Å². The molecule has 0 aliphatic heterocycles. The molecule has 0 saturated carbocycles. The highest BCUT2D eigenvalue weighted by Crippen LogP contribution is 2.13. The summed E-state index contributed by atoms with van der Waals surface area (Å²) in [5, 5.41) is 0. The van der Waals surface area contributed by atoms with Crippen molar-refractivity contribution in [3.8, 4) is 0 Å². The first kappa shape index (κ1) is 11.0. The molecule has 0 bridgehead atoms. The van der Waals surface area contributed by atoms with Gasteiger partial charge in [0.1, 0.15) is 0 Å². The highest BCUT2D eigenvalue weighted by atomic mass is 127. The second kappa shape index (κ2) is 5.60. The van der Waals surface area contributed by atoms with E-state index in [1.165, 1.54) is 9.13 Å². The van der Waals surface area contributed by atoms with E-state index in [0.717, 1.165) is 19.6 Å². The van der Waals surface area contributed by atoms with Gasteiger partial charge in [-0.1, -0.05) is 32.0 Å². The van der Waals surface area contributed by atoms with Crippen molar-refractivity contribution in [2.75, 3.05) is 13.1 Å². The van der Waals surface area contributed by atoms with Gasteiger partial charge in [-0.05, 0) is 47.3 Å². The molecule has 1 rings (SSSR count). The Balaban J connectivity index is 2.67. The fourth-order valence-electron chi connectivity index (χ4n) is 1.31. The van der Waals surface area contributed by atoms with Crippen LogP contribution in [-0.4, -0.2) is 18.0 Å². The first-order valence-corrected chi connectivity index (χ1v) is 5.81. The van der Waals surface area contributed by atoms with E-state index in [1.54, 1.807) is 0 Å². The van der Waals surface area contributed by atoms with Crippen molar-refractivity contribution in [3.05, 3.63) is 33.4 Å². The average Bonchev–Trinajstić information content (AvgIpc) is 2.17. The summed E-state index contributed by atoms with van der Waals surface area (Å²) in [6.07, 6.45) is 0. The smallest absolute Gasteiger partial charge is 0.0244 e. The molecule has 0 radical (unpaired) electrons. The Bertz CT molecular complexity index is 256. The van der Waals surface area contributed by atoms with Crippen molar-refractivity contribution >= 4 is 22.6 Å². The van der Waals surface area contributed by atoms with E-state index in [2.05, 4.69) is 65.6 Å². The molecule has 72 valence electrons. The zero-order valence-corrected chi connectivity index (χ0v) is 10.4. The number of hydrogen-bond acceptors (Lipinski definition) is 1. The van der Waals surface area contributed by atoms with Gasteiger partial charge in [0.25, 0.3) is 0 Å². The largest absolute Gasteiger partial charge is 0.300 e. The standard InChI is InChI=1S/C11H16IN/c1-3-13(4-2)9-10-7-5-6-8-11(10)12/h5-8H,3-4,9H2,1-2H3. The number of halogens is 1. The van der Waals surface area contributed by atoms with Crippen molar-refractivity contribution < 1.29 is 0 Å². The Labute approximate surface area is 94.3 Å². The minimum Gasteiger partial charge on any atom is -0.300 e. The molecule has 1 aromatic rings. The number of nitrogens with zero attached hydrogens (tertiary/aromatic N) is 1. The van der Waals surface area contributed by atoms with Gasteiger partial charge in [-0.25, -0.2) is 0 Å². The average molecular weight is 289 g/mol. The maximum Gasteiger partial charge on any atom is 0.0244 e. The second-order valence-electron chi connectivity index (χ2n) is 3.05. The molecule has 0 N–H and O–H groups in total. The van der Waals surface area contributed by atoms with Crippen LogP contribution in [-0.2, 0) is 6.54 Å². The summed E-state index contributed by atoms with van der Waals surface area (Å²) >= 11 is 2.40. The molecule has 2 heteroatoms. The molecule has 0 aliphatic carbocycles. The van der Waals surface area contributed by atoms with Gasteiger partial charge >= 0.3 is 0 Å². The number of hydrogen-bond donors (Lipinski definition) is 0. The maximum atomic E-state index is 2.43. The van der Waals surface area contributed by atoms with Crippen LogP contribution in [0.3, 0.4) is 0 Å².